The molecule has 6 heteroatoms. The van der Waals surface area contributed by atoms with E-state index in [2.05, 4.69) is 15.6 Å². The molecule has 2 unspecified atom stereocenters. The van der Waals surface area contributed by atoms with Crippen LogP contribution in [-0.4, -0.2) is 28.8 Å². The fraction of sp³-hybridized carbons (Fsp3) is 0.714. The summed E-state index contributed by atoms with van der Waals surface area (Å²) in [4.78, 5) is 16.2. The zero-order valence-electron chi connectivity index (χ0n) is 12.0. The van der Waals surface area contributed by atoms with Gasteiger partial charge in [-0.25, -0.2) is 9.78 Å². The molecule has 1 aliphatic rings. The highest BCUT2D eigenvalue weighted by Crippen LogP contribution is 2.41. The van der Waals surface area contributed by atoms with Crippen LogP contribution in [0.25, 0.3) is 0 Å². The van der Waals surface area contributed by atoms with Gasteiger partial charge in [-0.05, 0) is 31.1 Å². The monoisotopic (exact) mass is 297 g/mol. The fourth-order valence-corrected chi connectivity index (χ4v) is 2.84. The molecule has 0 bridgehead atoms. The SMILES string of the molecule is CC(C)C(O)CCNC(=O)NC(c1nccs1)C1CC1. The third-order valence-corrected chi connectivity index (χ3v) is 4.45. The van der Waals surface area contributed by atoms with Crippen LogP contribution in [0.4, 0.5) is 4.79 Å². The average Bonchev–Trinajstić information content (AvgIpc) is 3.10. The molecule has 0 aromatic carbocycles. The van der Waals surface area contributed by atoms with Gasteiger partial charge in [0.2, 0.25) is 0 Å². The van der Waals surface area contributed by atoms with E-state index < -0.39 is 0 Å². The molecule has 1 aromatic rings. The van der Waals surface area contributed by atoms with Crippen molar-refractivity contribution < 1.29 is 9.90 Å². The van der Waals surface area contributed by atoms with Crippen molar-refractivity contribution in [3.63, 3.8) is 0 Å². The number of hydrogen-bond acceptors (Lipinski definition) is 4. The highest BCUT2D eigenvalue weighted by atomic mass is 32.1. The molecular formula is C14H23N3O2S. The second-order valence-corrected chi connectivity index (χ2v) is 6.61. The third kappa shape index (κ3) is 4.45. The predicted octanol–water partition coefficient (Wildman–Crippen LogP) is 2.30. The smallest absolute Gasteiger partial charge is 0.315 e. The van der Waals surface area contributed by atoms with Gasteiger partial charge in [0.25, 0.3) is 0 Å². The number of thiazole rings is 1. The van der Waals surface area contributed by atoms with Crippen molar-refractivity contribution in [2.24, 2.45) is 11.8 Å². The molecule has 2 amide bonds. The minimum absolute atomic E-state index is 0.0324. The lowest BCUT2D eigenvalue weighted by Crippen LogP contribution is -2.40. The number of aromatic nitrogens is 1. The van der Waals surface area contributed by atoms with E-state index in [1.807, 2.05) is 19.2 Å². The highest BCUT2D eigenvalue weighted by molar-refractivity contribution is 7.09. The lowest BCUT2D eigenvalue weighted by atomic mass is 10.0. The van der Waals surface area contributed by atoms with E-state index >= 15 is 0 Å². The molecule has 3 N–H and O–H groups in total. The maximum atomic E-state index is 11.9. The summed E-state index contributed by atoms with van der Waals surface area (Å²) >= 11 is 1.58. The van der Waals surface area contributed by atoms with Crippen molar-refractivity contribution in [2.45, 2.75) is 45.3 Å². The van der Waals surface area contributed by atoms with E-state index in [-0.39, 0.29) is 24.1 Å². The van der Waals surface area contributed by atoms with Gasteiger partial charge in [0, 0.05) is 18.1 Å². The zero-order valence-corrected chi connectivity index (χ0v) is 12.8. The molecule has 1 heterocycles. The van der Waals surface area contributed by atoms with E-state index in [1.54, 1.807) is 17.5 Å². The van der Waals surface area contributed by atoms with Gasteiger partial charge in [-0.2, -0.15) is 0 Å². The first-order valence-corrected chi connectivity index (χ1v) is 8.07. The Labute approximate surface area is 123 Å². The van der Waals surface area contributed by atoms with Gasteiger partial charge in [-0.15, -0.1) is 11.3 Å². The Bertz CT molecular complexity index is 418. The molecule has 2 rings (SSSR count). The van der Waals surface area contributed by atoms with Crippen molar-refractivity contribution in [3.05, 3.63) is 16.6 Å². The number of carbonyl (C=O) groups excluding carboxylic acids is 1. The quantitative estimate of drug-likeness (QED) is 0.723. The summed E-state index contributed by atoms with van der Waals surface area (Å²) in [6.45, 7) is 4.42. The second kappa shape index (κ2) is 7.04. The number of rotatable bonds is 7. The van der Waals surface area contributed by atoms with Crippen LogP contribution in [0.2, 0.25) is 0 Å². The standard InChI is InChI=1S/C14H23N3O2S/c1-9(2)11(18)5-6-16-14(19)17-12(10-3-4-10)13-15-7-8-20-13/h7-12,18H,3-6H2,1-2H3,(H2,16,17,19). The van der Waals surface area contributed by atoms with Gasteiger partial charge < -0.3 is 15.7 Å². The number of aliphatic hydroxyl groups excluding tert-OH is 1. The second-order valence-electron chi connectivity index (χ2n) is 5.69. The summed E-state index contributed by atoms with van der Waals surface area (Å²) in [5.41, 5.74) is 0. The van der Waals surface area contributed by atoms with Crippen molar-refractivity contribution in [1.82, 2.24) is 15.6 Å². The summed E-state index contributed by atoms with van der Waals surface area (Å²) in [5.74, 6) is 0.738. The first kappa shape index (κ1) is 15.3. The van der Waals surface area contributed by atoms with Crippen LogP contribution in [-0.2, 0) is 0 Å². The Morgan fingerprint density at radius 1 is 1.55 bits per heavy atom. The summed E-state index contributed by atoms with van der Waals surface area (Å²) in [6.07, 6.45) is 4.28. The number of carbonyl (C=O) groups is 1. The lowest BCUT2D eigenvalue weighted by Gasteiger charge is -2.18. The topological polar surface area (TPSA) is 74.2 Å². The van der Waals surface area contributed by atoms with Crippen LogP contribution in [0.1, 0.15) is 44.2 Å². The van der Waals surface area contributed by atoms with Gasteiger partial charge in [0.1, 0.15) is 5.01 Å². The number of hydrogen-bond donors (Lipinski definition) is 3. The molecule has 1 fully saturated rings. The largest absolute Gasteiger partial charge is 0.393 e. The molecule has 2 atom stereocenters. The van der Waals surface area contributed by atoms with Gasteiger partial charge >= 0.3 is 6.03 Å². The fourth-order valence-electron chi connectivity index (χ4n) is 2.06. The summed E-state index contributed by atoms with van der Waals surface area (Å²) in [5, 5.41) is 18.4. The minimum Gasteiger partial charge on any atom is -0.393 e. The first-order valence-electron chi connectivity index (χ1n) is 7.19. The number of urea groups is 1. The van der Waals surface area contributed by atoms with Crippen molar-refractivity contribution in [1.29, 1.82) is 0 Å². The van der Waals surface area contributed by atoms with Crippen molar-refractivity contribution >= 4 is 17.4 Å². The molecule has 0 radical (unpaired) electrons. The Balaban J connectivity index is 1.75. The maximum absolute atomic E-state index is 11.9. The number of amides is 2. The predicted molar refractivity (Wildman–Crippen MR) is 79.6 cm³/mol. The number of aliphatic hydroxyl groups is 1. The lowest BCUT2D eigenvalue weighted by molar-refractivity contribution is 0.116. The van der Waals surface area contributed by atoms with Crippen molar-refractivity contribution in [2.75, 3.05) is 6.54 Å². The van der Waals surface area contributed by atoms with Gasteiger partial charge in [-0.3, -0.25) is 0 Å². The van der Waals surface area contributed by atoms with Crippen LogP contribution >= 0.6 is 11.3 Å². The highest BCUT2D eigenvalue weighted by Gasteiger charge is 2.34. The summed E-state index contributed by atoms with van der Waals surface area (Å²) in [7, 11) is 0. The van der Waals surface area contributed by atoms with Gasteiger partial charge in [-0.1, -0.05) is 13.8 Å². The Hall–Kier alpha value is -1.14. The Kier molecular flexibility index (Phi) is 5.37. The van der Waals surface area contributed by atoms with Gasteiger partial charge in [0.15, 0.2) is 0 Å². The molecule has 112 valence electrons. The average molecular weight is 297 g/mol. The number of nitrogens with one attached hydrogen (secondary N) is 2. The maximum Gasteiger partial charge on any atom is 0.315 e. The van der Waals surface area contributed by atoms with E-state index in [4.69, 9.17) is 0 Å². The summed E-state index contributed by atoms with van der Waals surface area (Å²) < 4.78 is 0. The molecule has 20 heavy (non-hydrogen) atoms. The first-order chi connectivity index (χ1) is 9.58. The summed E-state index contributed by atoms with van der Waals surface area (Å²) in [6, 6.07) is -0.141. The molecule has 1 aromatic heterocycles. The molecule has 0 spiro atoms. The third-order valence-electron chi connectivity index (χ3n) is 3.59. The Morgan fingerprint density at radius 3 is 2.85 bits per heavy atom. The molecule has 5 nitrogen and oxygen atoms in total. The van der Waals surface area contributed by atoms with Crippen LogP contribution in [0, 0.1) is 11.8 Å². The van der Waals surface area contributed by atoms with E-state index in [1.165, 1.54) is 0 Å². The van der Waals surface area contributed by atoms with Crippen LogP contribution in [0.5, 0.6) is 0 Å². The van der Waals surface area contributed by atoms with E-state index in [9.17, 15) is 9.90 Å². The van der Waals surface area contributed by atoms with Gasteiger partial charge in [0.05, 0.1) is 12.1 Å². The molecule has 1 saturated carbocycles. The normalized spacial score (nSPS) is 17.8. The molecule has 0 aliphatic heterocycles. The van der Waals surface area contributed by atoms with Crippen LogP contribution in [0.15, 0.2) is 11.6 Å². The van der Waals surface area contributed by atoms with E-state index in [0.717, 1.165) is 17.8 Å². The molecular weight excluding hydrogens is 274 g/mol. The van der Waals surface area contributed by atoms with Crippen LogP contribution < -0.4 is 10.6 Å². The van der Waals surface area contributed by atoms with E-state index in [0.29, 0.717) is 18.9 Å². The van der Waals surface area contributed by atoms with Crippen LogP contribution in [0.3, 0.4) is 0 Å². The molecule has 0 saturated heterocycles. The Morgan fingerprint density at radius 2 is 2.30 bits per heavy atom. The molecule has 1 aliphatic carbocycles. The number of nitrogens with zero attached hydrogens (tertiary/aromatic N) is 1. The minimum atomic E-state index is -0.367. The zero-order chi connectivity index (χ0) is 14.5. The van der Waals surface area contributed by atoms with Crippen molar-refractivity contribution in [3.8, 4) is 0 Å².